The van der Waals surface area contributed by atoms with Crippen LogP contribution in [0.2, 0.25) is 0 Å². The molecule has 1 aliphatic rings. The van der Waals surface area contributed by atoms with Crippen LogP contribution in [0.1, 0.15) is 60.3 Å². The molecule has 1 aliphatic carbocycles. The number of nitrogens with zero attached hydrogens (tertiary/aromatic N) is 1. The van der Waals surface area contributed by atoms with Gasteiger partial charge in [-0.05, 0) is 64.5 Å². The maximum atomic E-state index is 4.22. The smallest absolute Gasteiger partial charge is 0.0202 e. The first-order valence-electron chi connectivity index (χ1n) is 7.71. The summed E-state index contributed by atoms with van der Waals surface area (Å²) in [7, 11) is 2.26. The van der Waals surface area contributed by atoms with Crippen molar-refractivity contribution in [1.29, 1.82) is 0 Å². The molecule has 0 aromatic heterocycles. The molecule has 0 spiro atoms. The number of rotatable bonds is 5. The predicted octanol–water partition coefficient (Wildman–Crippen LogP) is 3.83. The van der Waals surface area contributed by atoms with Crippen LogP contribution in [0.25, 0.3) is 0 Å². The third-order valence-electron chi connectivity index (χ3n) is 4.27. The van der Waals surface area contributed by atoms with E-state index in [1.54, 1.807) is 0 Å². The molecule has 0 saturated heterocycles. The fourth-order valence-electron chi connectivity index (χ4n) is 2.75. The Hall–Kier alpha value is -0.340. The summed E-state index contributed by atoms with van der Waals surface area (Å²) >= 11 is 0. The second-order valence-electron chi connectivity index (χ2n) is 8.16. The first-order valence-corrected chi connectivity index (χ1v) is 7.71. The molecule has 0 aromatic carbocycles. The summed E-state index contributed by atoms with van der Waals surface area (Å²) < 4.78 is 0. The topological polar surface area (TPSA) is 15.3 Å². The molecular formula is C17H34N2. The number of nitrogens with one attached hydrogen (secondary N) is 1. The van der Waals surface area contributed by atoms with Crippen LogP contribution in [0.15, 0.2) is 12.2 Å². The molecule has 1 saturated carbocycles. The fraction of sp³-hybridized carbons (Fsp3) is 0.882. The van der Waals surface area contributed by atoms with Crippen LogP contribution in [0.3, 0.4) is 0 Å². The highest BCUT2D eigenvalue weighted by atomic mass is 15.1. The van der Waals surface area contributed by atoms with E-state index in [-0.39, 0.29) is 5.54 Å². The second kappa shape index (κ2) is 6.41. The monoisotopic (exact) mass is 266 g/mol. The van der Waals surface area contributed by atoms with Crippen molar-refractivity contribution in [3.8, 4) is 0 Å². The highest BCUT2D eigenvalue weighted by Gasteiger charge is 2.28. The third-order valence-corrected chi connectivity index (χ3v) is 4.27. The van der Waals surface area contributed by atoms with Crippen LogP contribution < -0.4 is 5.32 Å². The van der Waals surface area contributed by atoms with E-state index < -0.39 is 0 Å². The quantitative estimate of drug-likeness (QED) is 0.761. The van der Waals surface area contributed by atoms with Crippen LogP contribution in [-0.2, 0) is 0 Å². The summed E-state index contributed by atoms with van der Waals surface area (Å²) in [5.74, 6) is 0. The Kier molecular flexibility index (Phi) is 5.64. The summed E-state index contributed by atoms with van der Waals surface area (Å²) in [4.78, 5) is 2.50. The predicted molar refractivity (Wildman–Crippen MR) is 85.6 cm³/mol. The van der Waals surface area contributed by atoms with Crippen LogP contribution in [0.4, 0.5) is 0 Å². The molecule has 2 heteroatoms. The molecule has 1 fully saturated rings. The molecule has 19 heavy (non-hydrogen) atoms. The van der Waals surface area contributed by atoms with E-state index in [4.69, 9.17) is 0 Å². The van der Waals surface area contributed by atoms with Gasteiger partial charge in [0.1, 0.15) is 0 Å². The summed E-state index contributed by atoms with van der Waals surface area (Å²) in [6, 6.07) is 0.749. The Bertz CT molecular complexity index is 289. The van der Waals surface area contributed by atoms with E-state index in [1.165, 1.54) is 31.3 Å². The summed E-state index contributed by atoms with van der Waals surface area (Å²) in [6.07, 6.45) is 5.39. The molecule has 1 rings (SSSR count). The van der Waals surface area contributed by atoms with Gasteiger partial charge < -0.3 is 5.32 Å². The molecule has 0 aliphatic heterocycles. The van der Waals surface area contributed by atoms with Gasteiger partial charge in [-0.2, -0.15) is 0 Å². The van der Waals surface area contributed by atoms with E-state index in [2.05, 4.69) is 58.5 Å². The average molecular weight is 266 g/mol. The highest BCUT2D eigenvalue weighted by molar-refractivity contribution is 5.02. The van der Waals surface area contributed by atoms with Crippen molar-refractivity contribution in [2.24, 2.45) is 5.41 Å². The van der Waals surface area contributed by atoms with Gasteiger partial charge >= 0.3 is 0 Å². The van der Waals surface area contributed by atoms with Gasteiger partial charge in [-0.25, -0.2) is 0 Å². The molecule has 0 aromatic rings. The van der Waals surface area contributed by atoms with E-state index in [0.717, 1.165) is 19.1 Å². The lowest BCUT2D eigenvalue weighted by Gasteiger charge is -2.39. The number of hydrogen-bond donors (Lipinski definition) is 1. The zero-order valence-corrected chi connectivity index (χ0v) is 14.0. The standard InChI is InChI=1S/C17H34N2/c1-14(12-18-16(2,3)4)13-19(7)15-8-10-17(5,6)11-9-15/h15,18H,1,8-13H2,2-7H3. The van der Waals surface area contributed by atoms with E-state index >= 15 is 0 Å². The molecule has 0 radical (unpaired) electrons. The van der Waals surface area contributed by atoms with Gasteiger partial charge in [-0.1, -0.05) is 20.4 Å². The second-order valence-corrected chi connectivity index (χ2v) is 8.16. The minimum Gasteiger partial charge on any atom is -0.308 e. The summed E-state index contributed by atoms with van der Waals surface area (Å²) in [5, 5.41) is 3.52. The van der Waals surface area contributed by atoms with Gasteiger partial charge in [0, 0.05) is 24.7 Å². The summed E-state index contributed by atoms with van der Waals surface area (Å²) in [6.45, 7) is 17.6. The van der Waals surface area contributed by atoms with Crippen LogP contribution >= 0.6 is 0 Å². The molecule has 0 unspecified atom stereocenters. The molecule has 0 atom stereocenters. The molecule has 1 N–H and O–H groups in total. The molecule has 0 amide bonds. The first kappa shape index (κ1) is 16.7. The lowest BCUT2D eigenvalue weighted by Crippen LogP contribution is -2.41. The minimum absolute atomic E-state index is 0.177. The van der Waals surface area contributed by atoms with Crippen LogP contribution in [0, 0.1) is 5.41 Å². The molecule has 0 heterocycles. The molecule has 0 bridgehead atoms. The average Bonchev–Trinajstić information content (AvgIpc) is 2.25. The van der Waals surface area contributed by atoms with Gasteiger partial charge in [0.15, 0.2) is 0 Å². The largest absolute Gasteiger partial charge is 0.308 e. The summed E-state index contributed by atoms with van der Waals surface area (Å²) in [5.41, 5.74) is 2.03. The normalized spacial score (nSPS) is 20.8. The van der Waals surface area contributed by atoms with Crippen molar-refractivity contribution in [3.63, 3.8) is 0 Å². The Balaban J connectivity index is 2.31. The lowest BCUT2D eigenvalue weighted by molar-refractivity contribution is 0.134. The Morgan fingerprint density at radius 2 is 1.79 bits per heavy atom. The van der Waals surface area contributed by atoms with Crippen LogP contribution in [-0.4, -0.2) is 36.6 Å². The lowest BCUT2D eigenvalue weighted by atomic mass is 9.75. The van der Waals surface area contributed by atoms with Crippen molar-refractivity contribution in [3.05, 3.63) is 12.2 Å². The highest BCUT2D eigenvalue weighted by Crippen LogP contribution is 2.36. The van der Waals surface area contributed by atoms with Gasteiger partial charge in [0.25, 0.3) is 0 Å². The number of hydrogen-bond acceptors (Lipinski definition) is 2. The van der Waals surface area contributed by atoms with Crippen molar-refractivity contribution >= 4 is 0 Å². The third kappa shape index (κ3) is 6.58. The Labute approximate surface area is 120 Å². The van der Waals surface area contributed by atoms with Crippen molar-refractivity contribution in [2.45, 2.75) is 71.9 Å². The maximum Gasteiger partial charge on any atom is 0.0202 e. The van der Waals surface area contributed by atoms with Gasteiger partial charge in [-0.15, -0.1) is 0 Å². The van der Waals surface area contributed by atoms with Crippen molar-refractivity contribution < 1.29 is 0 Å². The van der Waals surface area contributed by atoms with Crippen molar-refractivity contribution in [2.75, 3.05) is 20.1 Å². The van der Waals surface area contributed by atoms with E-state index in [0.29, 0.717) is 5.41 Å². The minimum atomic E-state index is 0.177. The zero-order chi connectivity index (χ0) is 14.7. The van der Waals surface area contributed by atoms with E-state index in [1.807, 2.05) is 0 Å². The molecular weight excluding hydrogens is 232 g/mol. The Morgan fingerprint density at radius 1 is 1.26 bits per heavy atom. The van der Waals surface area contributed by atoms with Gasteiger partial charge in [0.05, 0.1) is 0 Å². The van der Waals surface area contributed by atoms with Gasteiger partial charge in [-0.3, -0.25) is 4.90 Å². The zero-order valence-electron chi connectivity index (χ0n) is 14.0. The Morgan fingerprint density at radius 3 is 2.26 bits per heavy atom. The number of likely N-dealkylation sites (N-methyl/N-ethyl adjacent to an activating group) is 1. The molecule has 2 nitrogen and oxygen atoms in total. The SMILES string of the molecule is C=C(CNC(C)(C)C)CN(C)C1CCC(C)(C)CC1. The maximum absolute atomic E-state index is 4.22. The van der Waals surface area contributed by atoms with Crippen molar-refractivity contribution in [1.82, 2.24) is 10.2 Å². The van der Waals surface area contributed by atoms with Crippen LogP contribution in [0.5, 0.6) is 0 Å². The first-order chi connectivity index (χ1) is 8.59. The fourth-order valence-corrected chi connectivity index (χ4v) is 2.75. The molecule has 112 valence electrons. The van der Waals surface area contributed by atoms with Gasteiger partial charge in [0.2, 0.25) is 0 Å². The van der Waals surface area contributed by atoms with E-state index in [9.17, 15) is 0 Å².